The normalized spacial score (nSPS) is 13.2. The Labute approximate surface area is 151 Å². The van der Waals surface area contributed by atoms with Gasteiger partial charge < -0.3 is 4.74 Å². The van der Waals surface area contributed by atoms with E-state index in [0.29, 0.717) is 19.6 Å². The van der Waals surface area contributed by atoms with Crippen molar-refractivity contribution >= 4 is 24.7 Å². The fourth-order valence-electron chi connectivity index (χ4n) is 1.95. The number of rotatable bonds is 16. The van der Waals surface area contributed by atoms with Gasteiger partial charge in [-0.05, 0) is 12.8 Å². The predicted molar refractivity (Wildman–Crippen MR) is 98.4 cm³/mol. The Balaban J connectivity index is 4.28. The van der Waals surface area contributed by atoms with Gasteiger partial charge in [0.2, 0.25) is 0 Å². The Morgan fingerprint density at radius 3 is 2.25 bits per heavy atom. The first-order valence-corrected chi connectivity index (χ1v) is 11.0. The van der Waals surface area contributed by atoms with Crippen molar-refractivity contribution in [1.29, 1.82) is 0 Å². The van der Waals surface area contributed by atoms with Crippen LogP contribution in [0.5, 0.6) is 0 Å². The highest BCUT2D eigenvalue weighted by molar-refractivity contribution is 8.14. The summed E-state index contributed by atoms with van der Waals surface area (Å²) in [7, 11) is -1.00. The number of phosphoric acid groups is 1. The number of unbranched alkanes of at least 4 members (excludes halogenated alkanes) is 4. The number of thioether (sulfide) groups is 1. The summed E-state index contributed by atoms with van der Waals surface area (Å²) in [4.78, 5) is 12.1. The Morgan fingerprint density at radius 2 is 1.67 bits per heavy atom. The van der Waals surface area contributed by atoms with E-state index in [-0.39, 0.29) is 17.0 Å². The molecule has 1 atom stereocenters. The molecule has 0 saturated heterocycles. The van der Waals surface area contributed by atoms with Crippen LogP contribution in [0.1, 0.15) is 58.8 Å². The minimum absolute atomic E-state index is 0.0783. The molecule has 24 heavy (non-hydrogen) atoms. The summed E-state index contributed by atoms with van der Waals surface area (Å²) in [5, 5.41) is -0.108. The zero-order valence-corrected chi connectivity index (χ0v) is 17.2. The zero-order chi connectivity index (χ0) is 18.3. The third-order valence-corrected chi connectivity index (χ3v) is 5.73. The summed E-state index contributed by atoms with van der Waals surface area (Å²) in [5.41, 5.74) is 0. The van der Waals surface area contributed by atoms with Gasteiger partial charge in [0, 0.05) is 27.2 Å². The number of carbonyl (C=O) groups excluding carboxylic acids is 1. The molecule has 0 bridgehead atoms. The predicted octanol–water partition coefficient (Wildman–Crippen LogP) is 4.82. The number of carbonyl (C=O) groups is 1. The molecule has 0 aromatic heterocycles. The van der Waals surface area contributed by atoms with E-state index in [2.05, 4.69) is 6.92 Å². The average molecular weight is 384 g/mol. The molecule has 0 aromatic rings. The Morgan fingerprint density at radius 1 is 1.00 bits per heavy atom. The lowest BCUT2D eigenvalue weighted by Crippen LogP contribution is -2.21. The Kier molecular flexibility index (Phi) is 15.4. The van der Waals surface area contributed by atoms with Gasteiger partial charge in [-0.15, -0.1) is 0 Å². The fourth-order valence-corrected chi connectivity index (χ4v) is 3.70. The Bertz CT molecular complexity index is 358. The SMILES string of the molecule is CCCCCCCC(=O)S[C@H](COCCC)COP(=O)(OC)OC. The van der Waals surface area contributed by atoms with Crippen LogP contribution in [0.15, 0.2) is 0 Å². The summed E-state index contributed by atoms with van der Waals surface area (Å²) in [6, 6.07) is 0. The van der Waals surface area contributed by atoms with Gasteiger partial charge in [0.1, 0.15) is 0 Å². The van der Waals surface area contributed by atoms with Gasteiger partial charge in [-0.25, -0.2) is 4.57 Å². The van der Waals surface area contributed by atoms with Crippen molar-refractivity contribution in [2.24, 2.45) is 0 Å². The van der Waals surface area contributed by atoms with E-state index in [1.807, 2.05) is 6.92 Å². The van der Waals surface area contributed by atoms with Crippen molar-refractivity contribution in [3.8, 4) is 0 Å². The summed E-state index contributed by atoms with van der Waals surface area (Å²) in [6.45, 7) is 5.25. The molecular formula is C16H33O6PS. The van der Waals surface area contributed by atoms with Crippen LogP contribution in [0.2, 0.25) is 0 Å². The van der Waals surface area contributed by atoms with E-state index >= 15 is 0 Å². The third kappa shape index (κ3) is 12.5. The lowest BCUT2D eigenvalue weighted by Gasteiger charge is -2.19. The van der Waals surface area contributed by atoms with Crippen molar-refractivity contribution in [1.82, 2.24) is 0 Å². The molecule has 8 heteroatoms. The number of hydrogen-bond donors (Lipinski definition) is 0. The molecule has 6 nitrogen and oxygen atoms in total. The largest absolute Gasteiger partial charge is 0.474 e. The first-order valence-electron chi connectivity index (χ1n) is 8.64. The van der Waals surface area contributed by atoms with Gasteiger partial charge in [-0.3, -0.25) is 18.4 Å². The van der Waals surface area contributed by atoms with Crippen LogP contribution in [0.4, 0.5) is 0 Å². The molecule has 0 N–H and O–H groups in total. The van der Waals surface area contributed by atoms with Crippen molar-refractivity contribution < 1.29 is 27.7 Å². The van der Waals surface area contributed by atoms with E-state index in [9.17, 15) is 9.36 Å². The number of hydrogen-bond acceptors (Lipinski definition) is 7. The third-order valence-electron chi connectivity index (χ3n) is 3.30. The standard InChI is InChI=1S/C16H33O6PS/c1-5-7-8-9-10-11-16(17)24-15(13-21-12-6-2)14-22-23(18,19-3)20-4/h15H,5-14H2,1-4H3/t15-/m1/s1. The van der Waals surface area contributed by atoms with Gasteiger partial charge in [0.25, 0.3) is 0 Å². The molecule has 0 aliphatic carbocycles. The molecule has 0 fully saturated rings. The second-order valence-corrected chi connectivity index (χ2v) is 8.70. The first-order chi connectivity index (χ1) is 11.5. The van der Waals surface area contributed by atoms with E-state index < -0.39 is 7.82 Å². The summed E-state index contributed by atoms with van der Waals surface area (Å²) in [5.74, 6) is 0. The molecule has 0 amide bonds. The van der Waals surface area contributed by atoms with E-state index in [1.165, 1.54) is 45.2 Å². The molecule has 0 aliphatic rings. The fraction of sp³-hybridized carbons (Fsp3) is 0.938. The van der Waals surface area contributed by atoms with Crippen LogP contribution >= 0.6 is 19.6 Å². The van der Waals surface area contributed by atoms with Gasteiger partial charge >= 0.3 is 7.82 Å². The van der Waals surface area contributed by atoms with E-state index in [0.717, 1.165) is 19.3 Å². The summed E-state index contributed by atoms with van der Waals surface area (Å²) >= 11 is 1.20. The smallest absolute Gasteiger partial charge is 0.380 e. The maximum Gasteiger partial charge on any atom is 0.474 e. The Hall–Kier alpha value is 0.0900. The summed E-state index contributed by atoms with van der Waals surface area (Å²) in [6.07, 6.45) is 7.01. The van der Waals surface area contributed by atoms with Gasteiger partial charge in [-0.1, -0.05) is 51.3 Å². The molecule has 0 rings (SSSR count). The lowest BCUT2D eigenvalue weighted by molar-refractivity contribution is -0.111. The molecule has 144 valence electrons. The molecule has 0 spiro atoms. The van der Waals surface area contributed by atoms with Crippen LogP contribution in [-0.4, -0.2) is 44.4 Å². The van der Waals surface area contributed by atoms with Gasteiger partial charge in [0.05, 0.1) is 18.5 Å². The highest BCUT2D eigenvalue weighted by Gasteiger charge is 2.26. The van der Waals surface area contributed by atoms with Crippen LogP contribution < -0.4 is 0 Å². The minimum Gasteiger partial charge on any atom is -0.380 e. The van der Waals surface area contributed by atoms with Crippen LogP contribution in [0.25, 0.3) is 0 Å². The highest BCUT2D eigenvalue weighted by Crippen LogP contribution is 2.47. The molecule has 0 heterocycles. The maximum absolute atomic E-state index is 12.1. The molecule has 0 unspecified atom stereocenters. The quantitative estimate of drug-likeness (QED) is 0.279. The van der Waals surface area contributed by atoms with Crippen molar-refractivity contribution in [2.75, 3.05) is 34.0 Å². The molecule has 0 saturated carbocycles. The van der Waals surface area contributed by atoms with Gasteiger partial charge in [0.15, 0.2) is 5.12 Å². The number of ether oxygens (including phenoxy) is 1. The molecular weight excluding hydrogens is 351 g/mol. The van der Waals surface area contributed by atoms with Crippen molar-refractivity contribution in [3.63, 3.8) is 0 Å². The molecule has 0 aliphatic heterocycles. The van der Waals surface area contributed by atoms with Crippen LogP contribution in [-0.2, 0) is 27.7 Å². The lowest BCUT2D eigenvalue weighted by atomic mass is 10.1. The van der Waals surface area contributed by atoms with E-state index in [4.69, 9.17) is 18.3 Å². The average Bonchev–Trinajstić information content (AvgIpc) is 2.59. The number of phosphoric ester groups is 1. The van der Waals surface area contributed by atoms with Crippen molar-refractivity contribution in [3.05, 3.63) is 0 Å². The first kappa shape index (κ1) is 24.1. The highest BCUT2D eigenvalue weighted by atomic mass is 32.2. The second kappa shape index (κ2) is 15.4. The van der Waals surface area contributed by atoms with Crippen molar-refractivity contribution in [2.45, 2.75) is 64.0 Å². The zero-order valence-electron chi connectivity index (χ0n) is 15.5. The minimum atomic E-state index is -3.53. The topological polar surface area (TPSA) is 71.1 Å². The maximum atomic E-state index is 12.1. The molecule has 0 radical (unpaired) electrons. The van der Waals surface area contributed by atoms with Crippen LogP contribution in [0, 0.1) is 0 Å². The van der Waals surface area contributed by atoms with Gasteiger partial charge in [-0.2, -0.15) is 0 Å². The monoisotopic (exact) mass is 384 g/mol. The summed E-state index contributed by atoms with van der Waals surface area (Å²) < 4.78 is 32.2. The molecule has 0 aromatic carbocycles. The van der Waals surface area contributed by atoms with Crippen LogP contribution in [0.3, 0.4) is 0 Å². The van der Waals surface area contributed by atoms with E-state index in [1.54, 1.807) is 0 Å². The second-order valence-electron chi connectivity index (χ2n) is 5.46.